The Morgan fingerprint density at radius 1 is 0.966 bits per heavy atom. The second kappa shape index (κ2) is 8.68. The van der Waals surface area contributed by atoms with Gasteiger partial charge in [-0.25, -0.2) is 9.59 Å². The maximum atomic E-state index is 12.4. The van der Waals surface area contributed by atoms with Gasteiger partial charge in [0.25, 0.3) is 0 Å². The molecule has 0 heterocycles. The van der Waals surface area contributed by atoms with Crippen molar-refractivity contribution in [2.45, 2.75) is 50.5 Å². The molecule has 4 rings (SSSR count). The van der Waals surface area contributed by atoms with Crippen molar-refractivity contribution >= 4 is 12.1 Å². The molecule has 1 fully saturated rings. The first kappa shape index (κ1) is 19.5. The highest BCUT2D eigenvalue weighted by Crippen LogP contribution is 2.44. The van der Waals surface area contributed by atoms with Gasteiger partial charge in [0.1, 0.15) is 12.6 Å². The number of carbonyl (C=O) groups is 2. The zero-order valence-corrected chi connectivity index (χ0v) is 16.5. The minimum absolute atomic E-state index is 0.0326. The van der Waals surface area contributed by atoms with Gasteiger partial charge in [-0.1, -0.05) is 80.6 Å². The summed E-state index contributed by atoms with van der Waals surface area (Å²) in [6, 6.07) is 15.4. The van der Waals surface area contributed by atoms with E-state index in [1.165, 1.54) is 6.42 Å². The molecular weight excluding hydrogens is 366 g/mol. The second-order valence-corrected chi connectivity index (χ2v) is 8.10. The predicted molar refractivity (Wildman–Crippen MR) is 111 cm³/mol. The van der Waals surface area contributed by atoms with Gasteiger partial charge in [0.15, 0.2) is 0 Å². The Morgan fingerprint density at radius 3 is 2.14 bits per heavy atom. The molecule has 0 radical (unpaired) electrons. The normalized spacial score (nSPS) is 17.2. The Bertz CT molecular complexity index is 842. The van der Waals surface area contributed by atoms with Crippen molar-refractivity contribution in [2.75, 3.05) is 6.61 Å². The number of benzene rings is 2. The van der Waals surface area contributed by atoms with E-state index in [0.29, 0.717) is 12.3 Å². The number of ether oxygens (including phenoxy) is 1. The molecule has 0 unspecified atom stereocenters. The summed E-state index contributed by atoms with van der Waals surface area (Å²) >= 11 is 0. The third-order valence-electron chi connectivity index (χ3n) is 6.23. The van der Waals surface area contributed by atoms with Crippen molar-refractivity contribution in [3.63, 3.8) is 0 Å². The number of amides is 1. The van der Waals surface area contributed by atoms with Gasteiger partial charge in [-0.15, -0.1) is 0 Å². The molecule has 1 amide bonds. The monoisotopic (exact) mass is 393 g/mol. The molecule has 5 nitrogen and oxygen atoms in total. The lowest BCUT2D eigenvalue weighted by Crippen LogP contribution is -2.42. The lowest BCUT2D eigenvalue weighted by molar-refractivity contribution is -0.139. The maximum Gasteiger partial charge on any atom is 0.407 e. The van der Waals surface area contributed by atoms with Crippen LogP contribution in [0.15, 0.2) is 48.5 Å². The van der Waals surface area contributed by atoms with E-state index in [2.05, 4.69) is 29.6 Å². The Hall–Kier alpha value is -2.82. The van der Waals surface area contributed by atoms with E-state index in [9.17, 15) is 14.7 Å². The Balaban J connectivity index is 1.39. The first-order valence-electron chi connectivity index (χ1n) is 10.5. The quantitative estimate of drug-likeness (QED) is 0.728. The molecule has 2 N–H and O–H groups in total. The zero-order chi connectivity index (χ0) is 20.2. The van der Waals surface area contributed by atoms with E-state index in [1.54, 1.807) is 0 Å². The summed E-state index contributed by atoms with van der Waals surface area (Å²) in [4.78, 5) is 24.0. The molecule has 2 aliphatic carbocycles. The van der Waals surface area contributed by atoms with Gasteiger partial charge in [0.05, 0.1) is 0 Å². The molecule has 0 spiro atoms. The SMILES string of the molecule is O=C(N[C@@H](CC1CCCCC1)C(=O)O)OCC1c2ccccc2-c2ccccc21. The number of carbonyl (C=O) groups excluding carboxylic acids is 1. The van der Waals surface area contributed by atoms with Crippen LogP contribution in [-0.4, -0.2) is 29.8 Å². The van der Waals surface area contributed by atoms with Gasteiger partial charge < -0.3 is 15.2 Å². The summed E-state index contributed by atoms with van der Waals surface area (Å²) in [7, 11) is 0. The van der Waals surface area contributed by atoms with Gasteiger partial charge in [-0.2, -0.15) is 0 Å². The molecule has 0 aromatic heterocycles. The van der Waals surface area contributed by atoms with Crippen molar-refractivity contribution in [3.05, 3.63) is 59.7 Å². The van der Waals surface area contributed by atoms with E-state index in [0.717, 1.165) is 47.9 Å². The molecule has 5 heteroatoms. The number of rotatable bonds is 6. The highest BCUT2D eigenvalue weighted by molar-refractivity contribution is 5.81. The highest BCUT2D eigenvalue weighted by atomic mass is 16.5. The van der Waals surface area contributed by atoms with Crippen molar-refractivity contribution in [3.8, 4) is 11.1 Å². The van der Waals surface area contributed by atoms with Gasteiger partial charge in [-0.05, 0) is 34.6 Å². The predicted octanol–water partition coefficient (Wildman–Crippen LogP) is 4.95. The minimum Gasteiger partial charge on any atom is -0.480 e. The molecule has 2 aliphatic rings. The Kier molecular flexibility index (Phi) is 5.84. The van der Waals surface area contributed by atoms with E-state index < -0.39 is 18.1 Å². The number of fused-ring (bicyclic) bond motifs is 3. The smallest absolute Gasteiger partial charge is 0.407 e. The Morgan fingerprint density at radius 2 is 1.55 bits per heavy atom. The number of hydrogen-bond acceptors (Lipinski definition) is 3. The molecule has 2 aromatic carbocycles. The van der Waals surface area contributed by atoms with Crippen LogP contribution < -0.4 is 5.32 Å². The zero-order valence-electron chi connectivity index (χ0n) is 16.5. The van der Waals surface area contributed by atoms with Crippen LogP contribution in [0, 0.1) is 5.92 Å². The topological polar surface area (TPSA) is 75.6 Å². The van der Waals surface area contributed by atoms with Gasteiger partial charge in [0.2, 0.25) is 0 Å². The van der Waals surface area contributed by atoms with E-state index in [-0.39, 0.29) is 12.5 Å². The lowest BCUT2D eigenvalue weighted by atomic mass is 9.85. The number of carboxylic acids is 1. The average Bonchev–Trinajstić information content (AvgIpc) is 3.06. The number of carboxylic acid groups (broad SMARTS) is 1. The molecule has 152 valence electrons. The fourth-order valence-electron chi connectivity index (χ4n) is 4.76. The van der Waals surface area contributed by atoms with E-state index in [4.69, 9.17) is 4.74 Å². The fraction of sp³-hybridized carbons (Fsp3) is 0.417. The molecule has 1 saturated carbocycles. The molecule has 0 aliphatic heterocycles. The number of aliphatic carboxylic acids is 1. The molecule has 0 saturated heterocycles. The largest absolute Gasteiger partial charge is 0.480 e. The number of alkyl carbamates (subject to hydrolysis) is 1. The first-order valence-corrected chi connectivity index (χ1v) is 10.5. The van der Waals surface area contributed by atoms with Crippen LogP contribution in [0.5, 0.6) is 0 Å². The third kappa shape index (κ3) is 4.29. The lowest BCUT2D eigenvalue weighted by Gasteiger charge is -2.25. The summed E-state index contributed by atoms with van der Waals surface area (Å²) in [5, 5.41) is 12.1. The molecule has 29 heavy (non-hydrogen) atoms. The van der Waals surface area contributed by atoms with Crippen LogP contribution in [0.2, 0.25) is 0 Å². The standard InChI is InChI=1S/C24H27NO4/c26-23(27)22(14-16-8-2-1-3-9-16)25-24(28)29-15-21-19-12-6-4-10-17(19)18-11-5-7-13-20(18)21/h4-7,10-13,16,21-22H,1-3,8-9,14-15H2,(H,25,28)(H,26,27)/t22-/m0/s1. The number of hydrogen-bond donors (Lipinski definition) is 2. The van der Waals surface area contributed by atoms with Crippen molar-refractivity contribution in [2.24, 2.45) is 5.92 Å². The van der Waals surface area contributed by atoms with Crippen molar-refractivity contribution in [1.29, 1.82) is 0 Å². The fourth-order valence-corrected chi connectivity index (χ4v) is 4.76. The van der Waals surface area contributed by atoms with Crippen molar-refractivity contribution in [1.82, 2.24) is 5.32 Å². The Labute approximate surface area is 171 Å². The van der Waals surface area contributed by atoms with Crippen LogP contribution >= 0.6 is 0 Å². The minimum atomic E-state index is -0.996. The van der Waals surface area contributed by atoms with Gasteiger partial charge in [-0.3, -0.25) is 0 Å². The van der Waals surface area contributed by atoms with Gasteiger partial charge >= 0.3 is 12.1 Å². The highest BCUT2D eigenvalue weighted by Gasteiger charge is 2.30. The summed E-state index contributed by atoms with van der Waals surface area (Å²) in [5.41, 5.74) is 4.60. The molecule has 0 bridgehead atoms. The van der Waals surface area contributed by atoms with Crippen LogP contribution in [0.3, 0.4) is 0 Å². The van der Waals surface area contributed by atoms with Gasteiger partial charge in [0, 0.05) is 5.92 Å². The van der Waals surface area contributed by atoms with Crippen LogP contribution in [0.1, 0.15) is 55.6 Å². The van der Waals surface area contributed by atoms with Crippen LogP contribution in [0.25, 0.3) is 11.1 Å². The van der Waals surface area contributed by atoms with Crippen LogP contribution in [0.4, 0.5) is 4.79 Å². The summed E-state index contributed by atoms with van der Waals surface area (Å²) in [6.45, 7) is 0.190. The van der Waals surface area contributed by atoms with E-state index >= 15 is 0 Å². The van der Waals surface area contributed by atoms with Crippen molar-refractivity contribution < 1.29 is 19.4 Å². The average molecular weight is 393 g/mol. The first-order chi connectivity index (χ1) is 14.1. The second-order valence-electron chi connectivity index (χ2n) is 8.10. The summed E-state index contributed by atoms with van der Waals surface area (Å²) < 4.78 is 5.50. The molecule has 1 atom stereocenters. The van der Waals surface area contributed by atoms with Crippen LogP contribution in [-0.2, 0) is 9.53 Å². The third-order valence-corrected chi connectivity index (χ3v) is 6.23. The van der Waals surface area contributed by atoms with E-state index in [1.807, 2.05) is 24.3 Å². The summed E-state index contributed by atoms with van der Waals surface area (Å²) in [5.74, 6) is -0.669. The molecular formula is C24H27NO4. The maximum absolute atomic E-state index is 12.4. The number of nitrogens with one attached hydrogen (secondary N) is 1. The summed E-state index contributed by atoms with van der Waals surface area (Å²) in [6.07, 6.45) is 5.39. The molecule has 2 aromatic rings.